The van der Waals surface area contributed by atoms with E-state index in [0.29, 0.717) is 23.7 Å². The van der Waals surface area contributed by atoms with Crippen molar-refractivity contribution in [3.63, 3.8) is 0 Å². The Morgan fingerprint density at radius 1 is 1.38 bits per heavy atom. The van der Waals surface area contributed by atoms with Crippen molar-refractivity contribution in [2.45, 2.75) is 6.92 Å². The van der Waals surface area contributed by atoms with Gasteiger partial charge in [-0.05, 0) is 43.3 Å². The van der Waals surface area contributed by atoms with E-state index < -0.39 is 5.91 Å². The predicted octanol–water partition coefficient (Wildman–Crippen LogP) is 3.59. The number of pyridine rings is 1. The summed E-state index contributed by atoms with van der Waals surface area (Å²) in [6, 6.07) is 12.1. The number of hydrogen-bond donors (Lipinski definition) is 2. The van der Waals surface area contributed by atoms with Gasteiger partial charge in [0.25, 0.3) is 5.91 Å². The molecule has 24 heavy (non-hydrogen) atoms. The van der Waals surface area contributed by atoms with E-state index in [2.05, 4.69) is 15.6 Å². The highest BCUT2D eigenvalue weighted by molar-refractivity contribution is 6.32. The molecule has 6 nitrogen and oxygen atoms in total. The third-order valence-corrected chi connectivity index (χ3v) is 3.22. The van der Waals surface area contributed by atoms with Crippen LogP contribution in [0.4, 0.5) is 11.4 Å². The number of rotatable bonds is 6. The van der Waals surface area contributed by atoms with E-state index in [0.717, 1.165) is 0 Å². The quantitative estimate of drug-likeness (QED) is 0.476. The van der Waals surface area contributed by atoms with E-state index in [9.17, 15) is 4.79 Å². The second-order valence-electron chi connectivity index (χ2n) is 4.57. The maximum Gasteiger partial charge on any atom is 0.267 e. The van der Waals surface area contributed by atoms with Gasteiger partial charge in [0.2, 0.25) is 0 Å². The number of halogens is 1. The van der Waals surface area contributed by atoms with Crippen LogP contribution in [0.5, 0.6) is 5.75 Å². The van der Waals surface area contributed by atoms with Gasteiger partial charge in [-0.25, -0.2) is 4.98 Å². The molecule has 1 amide bonds. The molecule has 2 aromatic rings. The number of carbonyl (C=O) groups excluding carboxylic acids is 1. The van der Waals surface area contributed by atoms with Gasteiger partial charge in [-0.2, -0.15) is 5.26 Å². The van der Waals surface area contributed by atoms with E-state index in [1.807, 2.05) is 13.0 Å². The summed E-state index contributed by atoms with van der Waals surface area (Å²) in [7, 11) is 0. The SMILES string of the molecule is CCOc1ccc(NC(=O)/C(C#N)=C\Nc2cccnc2Cl)cc1. The standard InChI is InChI=1S/C17H15ClN4O2/c1-2-24-14-7-5-13(6-8-14)22-17(23)12(10-19)11-21-15-4-3-9-20-16(15)18/h3-9,11,21H,2H2,1H3,(H,22,23)/b12-11-. The van der Waals surface area contributed by atoms with Crippen LogP contribution >= 0.6 is 11.6 Å². The van der Waals surface area contributed by atoms with Crippen LogP contribution < -0.4 is 15.4 Å². The summed E-state index contributed by atoms with van der Waals surface area (Å²) in [5, 5.41) is 14.8. The Balaban J connectivity index is 2.04. The summed E-state index contributed by atoms with van der Waals surface area (Å²) in [5.41, 5.74) is 0.966. The fraction of sp³-hybridized carbons (Fsp3) is 0.118. The van der Waals surface area contributed by atoms with Crippen molar-refractivity contribution < 1.29 is 9.53 Å². The molecule has 7 heteroatoms. The zero-order chi connectivity index (χ0) is 17.4. The van der Waals surface area contributed by atoms with Crippen molar-refractivity contribution in [1.82, 2.24) is 4.98 Å². The third-order valence-electron chi connectivity index (χ3n) is 2.92. The molecule has 0 saturated heterocycles. The maximum atomic E-state index is 12.1. The van der Waals surface area contributed by atoms with Crippen LogP contribution in [0.25, 0.3) is 0 Å². The Morgan fingerprint density at radius 2 is 2.12 bits per heavy atom. The van der Waals surface area contributed by atoms with Crippen LogP contribution in [-0.4, -0.2) is 17.5 Å². The lowest BCUT2D eigenvalue weighted by Crippen LogP contribution is -2.14. The molecule has 0 aliphatic carbocycles. The molecule has 0 bridgehead atoms. The molecule has 0 saturated carbocycles. The first-order valence-electron chi connectivity index (χ1n) is 7.15. The van der Waals surface area contributed by atoms with Crippen LogP contribution in [0.15, 0.2) is 54.4 Å². The largest absolute Gasteiger partial charge is 0.494 e. The highest BCUT2D eigenvalue weighted by Crippen LogP contribution is 2.18. The minimum Gasteiger partial charge on any atom is -0.494 e. The van der Waals surface area contributed by atoms with Crippen molar-refractivity contribution in [2.75, 3.05) is 17.2 Å². The van der Waals surface area contributed by atoms with Gasteiger partial charge in [-0.3, -0.25) is 4.79 Å². The zero-order valence-corrected chi connectivity index (χ0v) is 13.7. The molecule has 1 aromatic carbocycles. The number of hydrogen-bond acceptors (Lipinski definition) is 5. The molecule has 2 N–H and O–H groups in total. The van der Waals surface area contributed by atoms with E-state index in [-0.39, 0.29) is 10.7 Å². The average molecular weight is 343 g/mol. The lowest BCUT2D eigenvalue weighted by Gasteiger charge is -2.07. The van der Waals surface area contributed by atoms with Crippen LogP contribution in [0.3, 0.4) is 0 Å². The molecule has 0 spiro atoms. The second-order valence-corrected chi connectivity index (χ2v) is 4.93. The van der Waals surface area contributed by atoms with Gasteiger partial charge >= 0.3 is 0 Å². The van der Waals surface area contributed by atoms with Crippen molar-refractivity contribution in [3.05, 3.63) is 59.5 Å². The molecule has 0 radical (unpaired) electrons. The molecule has 0 aliphatic rings. The summed E-state index contributed by atoms with van der Waals surface area (Å²) in [6.45, 7) is 2.46. The molecule has 0 fully saturated rings. The van der Waals surface area contributed by atoms with Crippen molar-refractivity contribution in [2.24, 2.45) is 0 Å². The summed E-state index contributed by atoms with van der Waals surface area (Å²) in [5.74, 6) is 0.175. The normalized spacial score (nSPS) is 10.6. The first kappa shape index (κ1) is 17.3. The Kier molecular flexibility index (Phi) is 6.17. The van der Waals surface area contributed by atoms with Crippen molar-refractivity contribution >= 4 is 28.9 Å². The summed E-state index contributed by atoms with van der Waals surface area (Å²) >= 11 is 5.90. The number of amides is 1. The minimum absolute atomic E-state index is 0.0937. The molecule has 0 unspecified atom stereocenters. The van der Waals surface area contributed by atoms with E-state index in [1.54, 1.807) is 42.6 Å². The number of nitrogens with one attached hydrogen (secondary N) is 2. The van der Waals surface area contributed by atoms with E-state index in [1.165, 1.54) is 6.20 Å². The van der Waals surface area contributed by atoms with Gasteiger partial charge in [0.05, 0.1) is 12.3 Å². The molecular formula is C17H15ClN4O2. The zero-order valence-electron chi connectivity index (χ0n) is 12.9. The fourth-order valence-electron chi connectivity index (χ4n) is 1.79. The average Bonchev–Trinajstić information content (AvgIpc) is 2.59. The molecule has 2 rings (SSSR count). The molecule has 122 valence electrons. The first-order chi connectivity index (χ1) is 11.6. The number of nitriles is 1. The van der Waals surface area contributed by atoms with Crippen LogP contribution in [0, 0.1) is 11.3 Å². The first-order valence-corrected chi connectivity index (χ1v) is 7.53. The van der Waals surface area contributed by atoms with Crippen LogP contribution in [0.1, 0.15) is 6.92 Å². The van der Waals surface area contributed by atoms with E-state index in [4.69, 9.17) is 21.6 Å². The Morgan fingerprint density at radius 3 is 2.75 bits per heavy atom. The lowest BCUT2D eigenvalue weighted by molar-refractivity contribution is -0.112. The smallest absolute Gasteiger partial charge is 0.267 e. The number of aromatic nitrogens is 1. The summed E-state index contributed by atoms with van der Waals surface area (Å²) in [4.78, 5) is 16.0. The highest BCUT2D eigenvalue weighted by atomic mass is 35.5. The van der Waals surface area contributed by atoms with Crippen molar-refractivity contribution in [3.8, 4) is 11.8 Å². The van der Waals surface area contributed by atoms with Crippen LogP contribution in [0.2, 0.25) is 5.15 Å². The summed E-state index contributed by atoms with van der Waals surface area (Å²) < 4.78 is 5.33. The predicted molar refractivity (Wildman–Crippen MR) is 92.8 cm³/mol. The third kappa shape index (κ3) is 4.73. The van der Waals surface area contributed by atoms with E-state index >= 15 is 0 Å². The molecule has 0 atom stereocenters. The topological polar surface area (TPSA) is 87.0 Å². The molecular weight excluding hydrogens is 328 g/mol. The van der Waals surface area contributed by atoms with Gasteiger partial charge < -0.3 is 15.4 Å². The van der Waals surface area contributed by atoms with Gasteiger partial charge in [-0.1, -0.05) is 11.6 Å². The van der Waals surface area contributed by atoms with Gasteiger partial charge in [-0.15, -0.1) is 0 Å². The monoisotopic (exact) mass is 342 g/mol. The van der Waals surface area contributed by atoms with Gasteiger partial charge in [0.15, 0.2) is 5.15 Å². The number of benzene rings is 1. The Hall–Kier alpha value is -3.04. The van der Waals surface area contributed by atoms with Gasteiger partial charge in [0, 0.05) is 18.1 Å². The Bertz CT molecular complexity index is 782. The molecule has 0 aliphatic heterocycles. The molecule has 1 heterocycles. The molecule has 1 aromatic heterocycles. The maximum absolute atomic E-state index is 12.1. The van der Waals surface area contributed by atoms with Gasteiger partial charge in [0.1, 0.15) is 17.4 Å². The van der Waals surface area contributed by atoms with Crippen molar-refractivity contribution in [1.29, 1.82) is 5.26 Å². The number of anilines is 2. The second kappa shape index (κ2) is 8.56. The number of carbonyl (C=O) groups is 1. The Labute approximate surface area is 144 Å². The highest BCUT2D eigenvalue weighted by Gasteiger charge is 2.10. The fourth-order valence-corrected chi connectivity index (χ4v) is 1.97. The minimum atomic E-state index is -0.533. The van der Waals surface area contributed by atoms with Crippen LogP contribution in [-0.2, 0) is 4.79 Å². The lowest BCUT2D eigenvalue weighted by atomic mass is 10.2. The number of ether oxygens (including phenoxy) is 1. The summed E-state index contributed by atoms with van der Waals surface area (Å²) in [6.07, 6.45) is 2.83. The number of nitrogens with zero attached hydrogens (tertiary/aromatic N) is 2.